The molecule has 0 radical (unpaired) electrons. The molecule has 3 heteroatoms. The minimum absolute atomic E-state index is 0.296. The summed E-state index contributed by atoms with van der Waals surface area (Å²) in [7, 11) is 1.68. The molecular formula is C13H21NO2. The van der Waals surface area contributed by atoms with Crippen molar-refractivity contribution < 1.29 is 9.84 Å². The third-order valence-corrected chi connectivity index (χ3v) is 3.14. The highest BCUT2D eigenvalue weighted by atomic mass is 16.5. The molecule has 0 heterocycles. The molecule has 0 fully saturated rings. The van der Waals surface area contributed by atoms with Crippen LogP contribution in [0.15, 0.2) is 6.07 Å². The van der Waals surface area contributed by atoms with E-state index in [1.165, 1.54) is 11.1 Å². The molecular weight excluding hydrogens is 202 g/mol. The van der Waals surface area contributed by atoms with Gasteiger partial charge in [-0.25, -0.2) is 0 Å². The molecule has 1 atom stereocenters. The van der Waals surface area contributed by atoms with E-state index in [0.29, 0.717) is 13.0 Å². The van der Waals surface area contributed by atoms with Gasteiger partial charge in [-0.2, -0.15) is 0 Å². The number of benzene rings is 1. The van der Waals surface area contributed by atoms with Crippen LogP contribution in [0.5, 0.6) is 5.75 Å². The Balaban J connectivity index is 3.15. The van der Waals surface area contributed by atoms with E-state index >= 15 is 0 Å². The van der Waals surface area contributed by atoms with Crippen LogP contribution in [0.2, 0.25) is 0 Å². The van der Waals surface area contributed by atoms with Gasteiger partial charge in [-0.3, -0.25) is 0 Å². The Labute approximate surface area is 97.2 Å². The monoisotopic (exact) mass is 223 g/mol. The summed E-state index contributed by atoms with van der Waals surface area (Å²) >= 11 is 0. The molecule has 90 valence electrons. The summed E-state index contributed by atoms with van der Waals surface area (Å²) in [6, 6.07) is 2.01. The highest BCUT2D eigenvalue weighted by Crippen LogP contribution is 2.28. The molecule has 1 rings (SSSR count). The van der Waals surface area contributed by atoms with Gasteiger partial charge in [0.1, 0.15) is 5.75 Å². The Morgan fingerprint density at radius 3 is 2.44 bits per heavy atom. The summed E-state index contributed by atoms with van der Waals surface area (Å²) in [5.74, 6) is 0.904. The zero-order chi connectivity index (χ0) is 12.3. The molecule has 0 saturated heterocycles. The van der Waals surface area contributed by atoms with Gasteiger partial charge in [-0.05, 0) is 49.1 Å². The van der Waals surface area contributed by atoms with Crippen molar-refractivity contribution in [2.24, 2.45) is 5.73 Å². The first-order chi connectivity index (χ1) is 7.51. The fraction of sp³-hybridized carbons (Fsp3) is 0.538. The Bertz CT molecular complexity index is 375. The van der Waals surface area contributed by atoms with Gasteiger partial charge in [0.2, 0.25) is 0 Å². The summed E-state index contributed by atoms with van der Waals surface area (Å²) in [5, 5.41) is 9.62. The quantitative estimate of drug-likeness (QED) is 0.813. The molecule has 1 aromatic rings. The third-order valence-electron chi connectivity index (χ3n) is 3.14. The van der Waals surface area contributed by atoms with Crippen LogP contribution in [0.3, 0.4) is 0 Å². The minimum Gasteiger partial charge on any atom is -0.496 e. The van der Waals surface area contributed by atoms with Crippen LogP contribution in [0, 0.1) is 20.8 Å². The van der Waals surface area contributed by atoms with Gasteiger partial charge in [-0.1, -0.05) is 0 Å². The smallest absolute Gasteiger partial charge is 0.122 e. The summed E-state index contributed by atoms with van der Waals surface area (Å²) in [6.07, 6.45) is 0.143. The maximum atomic E-state index is 9.62. The van der Waals surface area contributed by atoms with Crippen LogP contribution in [-0.4, -0.2) is 24.9 Å². The summed E-state index contributed by atoms with van der Waals surface area (Å²) in [4.78, 5) is 0. The molecule has 0 amide bonds. The van der Waals surface area contributed by atoms with Gasteiger partial charge < -0.3 is 15.6 Å². The largest absolute Gasteiger partial charge is 0.496 e. The van der Waals surface area contributed by atoms with E-state index in [4.69, 9.17) is 10.5 Å². The molecule has 3 N–H and O–H groups in total. The topological polar surface area (TPSA) is 55.5 Å². The van der Waals surface area contributed by atoms with E-state index in [0.717, 1.165) is 16.9 Å². The van der Waals surface area contributed by atoms with Gasteiger partial charge in [0.15, 0.2) is 0 Å². The van der Waals surface area contributed by atoms with Gasteiger partial charge in [0.25, 0.3) is 0 Å². The highest BCUT2D eigenvalue weighted by molar-refractivity contribution is 5.48. The first-order valence-electron chi connectivity index (χ1n) is 5.53. The minimum atomic E-state index is -0.467. The van der Waals surface area contributed by atoms with Crippen LogP contribution in [0.1, 0.15) is 22.3 Å². The number of rotatable bonds is 4. The number of aryl methyl sites for hydroxylation is 1. The highest BCUT2D eigenvalue weighted by Gasteiger charge is 2.13. The van der Waals surface area contributed by atoms with Gasteiger partial charge in [0.05, 0.1) is 13.2 Å². The SMILES string of the molecule is COc1cc(C)c(CC(O)CN)c(C)c1C. The summed E-state index contributed by atoms with van der Waals surface area (Å²) in [5.41, 5.74) is 10.1. The second-order valence-corrected chi connectivity index (χ2v) is 4.22. The molecule has 1 aromatic carbocycles. The lowest BCUT2D eigenvalue weighted by Gasteiger charge is -2.17. The van der Waals surface area contributed by atoms with Crippen LogP contribution in [0.25, 0.3) is 0 Å². The van der Waals surface area contributed by atoms with E-state index in [9.17, 15) is 5.11 Å². The normalized spacial score (nSPS) is 12.6. The molecule has 3 nitrogen and oxygen atoms in total. The molecule has 0 aliphatic heterocycles. The lowest BCUT2D eigenvalue weighted by atomic mass is 9.93. The Morgan fingerprint density at radius 1 is 1.31 bits per heavy atom. The summed E-state index contributed by atoms with van der Waals surface area (Å²) < 4.78 is 5.31. The van der Waals surface area contributed by atoms with Crippen molar-refractivity contribution in [1.82, 2.24) is 0 Å². The maximum Gasteiger partial charge on any atom is 0.122 e. The number of hydrogen-bond acceptors (Lipinski definition) is 3. The predicted octanol–water partition coefficient (Wildman–Crippen LogP) is 1.48. The van der Waals surface area contributed by atoms with Gasteiger partial charge >= 0.3 is 0 Å². The second kappa shape index (κ2) is 5.32. The fourth-order valence-electron chi connectivity index (χ4n) is 1.94. The molecule has 0 saturated carbocycles. The average molecular weight is 223 g/mol. The van der Waals surface area contributed by atoms with Crippen molar-refractivity contribution >= 4 is 0 Å². The van der Waals surface area contributed by atoms with Gasteiger partial charge in [-0.15, -0.1) is 0 Å². The first-order valence-corrected chi connectivity index (χ1v) is 5.53. The van der Waals surface area contributed by atoms with Crippen molar-refractivity contribution in [2.75, 3.05) is 13.7 Å². The van der Waals surface area contributed by atoms with E-state index in [2.05, 4.69) is 6.92 Å². The summed E-state index contributed by atoms with van der Waals surface area (Å²) in [6.45, 7) is 6.42. The Hall–Kier alpha value is -1.06. The zero-order valence-electron chi connectivity index (χ0n) is 10.5. The van der Waals surface area contributed by atoms with Crippen LogP contribution in [0.4, 0.5) is 0 Å². The van der Waals surface area contributed by atoms with Crippen LogP contribution >= 0.6 is 0 Å². The van der Waals surface area contributed by atoms with E-state index < -0.39 is 6.10 Å². The number of hydrogen-bond donors (Lipinski definition) is 2. The average Bonchev–Trinajstić information content (AvgIpc) is 2.28. The van der Waals surface area contributed by atoms with Crippen LogP contribution < -0.4 is 10.5 Å². The van der Waals surface area contributed by atoms with E-state index in [1.807, 2.05) is 19.9 Å². The standard InChI is InChI=1S/C13H21NO2/c1-8-5-13(16-4)10(3)9(2)12(8)6-11(15)7-14/h5,11,15H,6-7,14H2,1-4H3. The van der Waals surface area contributed by atoms with E-state index in [1.54, 1.807) is 7.11 Å². The number of methoxy groups -OCH3 is 1. The second-order valence-electron chi connectivity index (χ2n) is 4.22. The molecule has 0 aliphatic rings. The number of aliphatic hydroxyl groups excluding tert-OH is 1. The number of ether oxygens (including phenoxy) is 1. The molecule has 0 bridgehead atoms. The van der Waals surface area contributed by atoms with Crippen molar-refractivity contribution in [2.45, 2.75) is 33.3 Å². The predicted molar refractivity (Wildman–Crippen MR) is 66.0 cm³/mol. The molecule has 0 spiro atoms. The van der Waals surface area contributed by atoms with Crippen molar-refractivity contribution in [3.05, 3.63) is 28.3 Å². The van der Waals surface area contributed by atoms with Crippen molar-refractivity contribution in [3.8, 4) is 5.75 Å². The third kappa shape index (κ3) is 2.54. The lowest BCUT2D eigenvalue weighted by molar-refractivity contribution is 0.183. The fourth-order valence-corrected chi connectivity index (χ4v) is 1.94. The van der Waals surface area contributed by atoms with Crippen LogP contribution in [-0.2, 0) is 6.42 Å². The van der Waals surface area contributed by atoms with Gasteiger partial charge in [0, 0.05) is 13.0 Å². The lowest BCUT2D eigenvalue weighted by Crippen LogP contribution is -2.23. The molecule has 1 unspecified atom stereocenters. The van der Waals surface area contributed by atoms with Crippen molar-refractivity contribution in [1.29, 1.82) is 0 Å². The zero-order valence-corrected chi connectivity index (χ0v) is 10.5. The maximum absolute atomic E-state index is 9.62. The molecule has 0 aliphatic carbocycles. The Kier molecular flexibility index (Phi) is 4.33. The number of aliphatic hydroxyl groups is 1. The first kappa shape index (κ1) is 13.0. The van der Waals surface area contributed by atoms with Crippen molar-refractivity contribution in [3.63, 3.8) is 0 Å². The molecule has 0 aromatic heterocycles. The number of nitrogens with two attached hydrogens (primary N) is 1. The Morgan fingerprint density at radius 2 is 1.94 bits per heavy atom. The van der Waals surface area contributed by atoms with E-state index in [-0.39, 0.29) is 0 Å². The molecule has 16 heavy (non-hydrogen) atoms.